The van der Waals surface area contributed by atoms with Crippen LogP contribution in [0.25, 0.3) is 0 Å². The maximum absolute atomic E-state index is 5.82. The molecule has 0 bridgehead atoms. The second-order valence-electron chi connectivity index (χ2n) is 5.16. The Balaban J connectivity index is 1.82. The Morgan fingerprint density at radius 2 is 1.90 bits per heavy atom. The molecule has 0 aromatic heterocycles. The highest BCUT2D eigenvalue weighted by Gasteiger charge is 2.23. The fraction of sp³-hybridized carbons (Fsp3) is 0.562. The first kappa shape index (κ1) is 15.3. The van der Waals surface area contributed by atoms with E-state index in [1.165, 1.54) is 25.7 Å². The molecule has 1 fully saturated rings. The zero-order valence-corrected chi connectivity index (χ0v) is 12.7. The van der Waals surface area contributed by atoms with Gasteiger partial charge in [0.15, 0.2) is 6.29 Å². The van der Waals surface area contributed by atoms with Gasteiger partial charge in [0, 0.05) is 11.5 Å². The SMILES string of the molecule is CCCCCC1COC(c2ccc(N=C=S)cc2)OC1. The number of nitrogens with zero attached hydrogens (tertiary/aromatic N) is 1. The number of rotatable bonds is 6. The minimum atomic E-state index is -0.247. The molecular weight excluding hydrogens is 270 g/mol. The first-order chi connectivity index (χ1) is 9.83. The third-order valence-electron chi connectivity index (χ3n) is 3.52. The topological polar surface area (TPSA) is 30.8 Å². The Bertz CT molecular complexity index is 446. The van der Waals surface area contributed by atoms with Gasteiger partial charge in [-0.1, -0.05) is 38.3 Å². The molecule has 0 atom stereocenters. The summed E-state index contributed by atoms with van der Waals surface area (Å²) in [7, 11) is 0. The lowest BCUT2D eigenvalue weighted by atomic mass is 10.0. The van der Waals surface area contributed by atoms with Crippen LogP contribution in [0.1, 0.15) is 44.5 Å². The molecule has 0 saturated carbocycles. The number of unbranched alkanes of at least 4 members (excludes halogenated alkanes) is 2. The molecule has 3 nitrogen and oxygen atoms in total. The molecule has 1 heterocycles. The number of ether oxygens (including phenoxy) is 2. The Labute approximate surface area is 126 Å². The van der Waals surface area contributed by atoms with Crippen LogP contribution in [-0.2, 0) is 9.47 Å². The van der Waals surface area contributed by atoms with Crippen molar-refractivity contribution in [1.29, 1.82) is 0 Å². The van der Waals surface area contributed by atoms with E-state index in [1.54, 1.807) is 0 Å². The lowest BCUT2D eigenvalue weighted by Crippen LogP contribution is -2.27. The quantitative estimate of drug-likeness (QED) is 0.434. The van der Waals surface area contributed by atoms with Crippen molar-refractivity contribution in [2.24, 2.45) is 10.9 Å². The first-order valence-corrected chi connectivity index (χ1v) is 7.65. The van der Waals surface area contributed by atoms with Gasteiger partial charge in [-0.2, -0.15) is 4.99 Å². The minimum absolute atomic E-state index is 0.247. The minimum Gasteiger partial charge on any atom is -0.348 e. The normalized spacial score (nSPS) is 22.2. The zero-order valence-electron chi connectivity index (χ0n) is 11.9. The summed E-state index contributed by atoms with van der Waals surface area (Å²) in [6, 6.07) is 7.73. The van der Waals surface area contributed by atoms with Gasteiger partial charge < -0.3 is 9.47 Å². The van der Waals surface area contributed by atoms with Crippen LogP contribution >= 0.6 is 12.2 Å². The fourth-order valence-corrected chi connectivity index (χ4v) is 2.45. The van der Waals surface area contributed by atoms with Crippen LogP contribution < -0.4 is 0 Å². The van der Waals surface area contributed by atoms with Crippen LogP contribution in [-0.4, -0.2) is 18.4 Å². The van der Waals surface area contributed by atoms with E-state index in [4.69, 9.17) is 9.47 Å². The molecular formula is C16H21NO2S. The van der Waals surface area contributed by atoms with E-state index in [1.807, 2.05) is 24.3 Å². The van der Waals surface area contributed by atoms with Crippen LogP contribution in [0.3, 0.4) is 0 Å². The standard InChI is InChI=1S/C16H21NO2S/c1-2-3-4-5-13-10-18-16(19-11-13)14-6-8-15(9-7-14)17-12-20/h6-9,13,16H,2-5,10-11H2,1H3. The molecule has 1 aromatic rings. The molecule has 1 saturated heterocycles. The van der Waals surface area contributed by atoms with Crippen LogP contribution in [0, 0.1) is 5.92 Å². The second kappa shape index (κ2) is 8.28. The monoisotopic (exact) mass is 291 g/mol. The maximum atomic E-state index is 5.82. The van der Waals surface area contributed by atoms with Crippen molar-refractivity contribution in [1.82, 2.24) is 0 Å². The molecule has 0 N–H and O–H groups in total. The van der Waals surface area contributed by atoms with Crippen LogP contribution in [0.4, 0.5) is 5.69 Å². The smallest absolute Gasteiger partial charge is 0.183 e. The molecule has 108 valence electrons. The Morgan fingerprint density at radius 1 is 1.20 bits per heavy atom. The number of hydrogen-bond donors (Lipinski definition) is 0. The summed E-state index contributed by atoms with van der Waals surface area (Å²) in [5.74, 6) is 0.538. The summed E-state index contributed by atoms with van der Waals surface area (Å²) in [6.45, 7) is 3.80. The van der Waals surface area contributed by atoms with Crippen LogP contribution in [0.2, 0.25) is 0 Å². The molecule has 0 amide bonds. The van der Waals surface area contributed by atoms with Crippen molar-refractivity contribution >= 4 is 23.1 Å². The van der Waals surface area contributed by atoms with E-state index in [0.29, 0.717) is 5.92 Å². The molecule has 1 aliphatic rings. The predicted octanol–water partition coefficient (Wildman–Crippen LogP) is 4.66. The molecule has 4 heteroatoms. The van der Waals surface area contributed by atoms with Crippen LogP contribution in [0.5, 0.6) is 0 Å². The van der Waals surface area contributed by atoms with Gasteiger partial charge in [0.05, 0.1) is 24.1 Å². The van der Waals surface area contributed by atoms with Gasteiger partial charge in [0.1, 0.15) is 0 Å². The summed E-state index contributed by atoms with van der Waals surface area (Å²) in [6.07, 6.45) is 4.77. The number of thiocarbonyl (C=S) groups is 1. The van der Waals surface area contributed by atoms with E-state index in [-0.39, 0.29) is 6.29 Å². The largest absolute Gasteiger partial charge is 0.348 e. The van der Waals surface area contributed by atoms with Crippen molar-refractivity contribution in [3.8, 4) is 0 Å². The molecule has 20 heavy (non-hydrogen) atoms. The Hall–Kier alpha value is -1.06. The average molecular weight is 291 g/mol. The van der Waals surface area contributed by atoms with E-state index < -0.39 is 0 Å². The molecule has 1 aliphatic heterocycles. The van der Waals surface area contributed by atoms with Gasteiger partial charge in [-0.15, -0.1) is 0 Å². The van der Waals surface area contributed by atoms with Crippen molar-refractivity contribution < 1.29 is 9.47 Å². The number of benzene rings is 1. The lowest BCUT2D eigenvalue weighted by Gasteiger charge is -2.29. The fourth-order valence-electron chi connectivity index (χ4n) is 2.34. The van der Waals surface area contributed by atoms with Gasteiger partial charge in [-0.25, -0.2) is 0 Å². The predicted molar refractivity (Wildman–Crippen MR) is 83.4 cm³/mol. The highest BCUT2D eigenvalue weighted by molar-refractivity contribution is 7.78. The Morgan fingerprint density at radius 3 is 2.50 bits per heavy atom. The summed E-state index contributed by atoms with van der Waals surface area (Å²) >= 11 is 4.58. The van der Waals surface area contributed by atoms with Crippen molar-refractivity contribution in [3.63, 3.8) is 0 Å². The summed E-state index contributed by atoms with van der Waals surface area (Å²) in [5.41, 5.74) is 1.83. The Kier molecular flexibility index (Phi) is 6.34. The zero-order chi connectivity index (χ0) is 14.2. The molecule has 1 aromatic carbocycles. The molecule has 0 unspecified atom stereocenters. The van der Waals surface area contributed by atoms with Crippen molar-refractivity contribution in [2.75, 3.05) is 13.2 Å². The third kappa shape index (κ3) is 4.50. The van der Waals surface area contributed by atoms with Gasteiger partial charge in [-0.05, 0) is 30.8 Å². The van der Waals surface area contributed by atoms with Gasteiger partial charge in [0.25, 0.3) is 0 Å². The second-order valence-corrected chi connectivity index (χ2v) is 5.34. The molecule has 2 rings (SSSR count). The van der Waals surface area contributed by atoms with Crippen molar-refractivity contribution in [2.45, 2.75) is 38.9 Å². The molecule has 0 aliphatic carbocycles. The van der Waals surface area contributed by atoms with E-state index in [0.717, 1.165) is 24.5 Å². The summed E-state index contributed by atoms with van der Waals surface area (Å²) in [5, 5.41) is 2.36. The van der Waals surface area contributed by atoms with Crippen LogP contribution in [0.15, 0.2) is 29.3 Å². The van der Waals surface area contributed by atoms with Crippen molar-refractivity contribution in [3.05, 3.63) is 29.8 Å². The van der Waals surface area contributed by atoms with Gasteiger partial charge in [-0.3, -0.25) is 0 Å². The van der Waals surface area contributed by atoms with E-state index >= 15 is 0 Å². The molecule has 0 spiro atoms. The van der Waals surface area contributed by atoms with E-state index in [2.05, 4.69) is 29.3 Å². The maximum Gasteiger partial charge on any atom is 0.183 e. The van der Waals surface area contributed by atoms with Gasteiger partial charge in [0.2, 0.25) is 0 Å². The number of isothiocyanates is 1. The third-order valence-corrected chi connectivity index (χ3v) is 3.61. The lowest BCUT2D eigenvalue weighted by molar-refractivity contribution is -0.206. The highest BCUT2D eigenvalue weighted by atomic mass is 32.1. The van der Waals surface area contributed by atoms with E-state index in [9.17, 15) is 0 Å². The van der Waals surface area contributed by atoms with Gasteiger partial charge >= 0.3 is 0 Å². The number of aliphatic imine (C=N–C) groups is 1. The summed E-state index contributed by atoms with van der Waals surface area (Å²) in [4.78, 5) is 3.93. The molecule has 0 radical (unpaired) electrons. The average Bonchev–Trinajstić information content (AvgIpc) is 2.49. The number of hydrogen-bond acceptors (Lipinski definition) is 4. The highest BCUT2D eigenvalue weighted by Crippen LogP contribution is 2.28. The first-order valence-electron chi connectivity index (χ1n) is 7.24. The summed E-state index contributed by atoms with van der Waals surface area (Å²) < 4.78 is 11.6.